The van der Waals surface area contributed by atoms with Crippen molar-refractivity contribution in [3.8, 4) is 0 Å². The SMILES string of the molecule is O=C1NCCCN1C1CCC1. The number of urea groups is 1. The third kappa shape index (κ3) is 1.19. The maximum absolute atomic E-state index is 11.2. The number of carbonyl (C=O) groups is 1. The smallest absolute Gasteiger partial charge is 0.317 e. The van der Waals surface area contributed by atoms with Gasteiger partial charge in [-0.05, 0) is 25.7 Å². The molecule has 1 aliphatic heterocycles. The Bertz CT molecular complexity index is 165. The van der Waals surface area contributed by atoms with Crippen LogP contribution in [0, 0.1) is 0 Å². The zero-order chi connectivity index (χ0) is 7.68. The van der Waals surface area contributed by atoms with E-state index in [2.05, 4.69) is 5.32 Å². The molecule has 1 saturated heterocycles. The van der Waals surface area contributed by atoms with Crippen LogP contribution in [0.15, 0.2) is 0 Å². The second-order valence-electron chi connectivity index (χ2n) is 3.36. The first-order chi connectivity index (χ1) is 5.38. The van der Waals surface area contributed by atoms with Gasteiger partial charge in [0.1, 0.15) is 0 Å². The lowest BCUT2D eigenvalue weighted by atomic mass is 9.91. The maximum Gasteiger partial charge on any atom is 0.317 e. The van der Waals surface area contributed by atoms with Crippen molar-refractivity contribution in [1.82, 2.24) is 10.2 Å². The molecular weight excluding hydrogens is 140 g/mol. The topological polar surface area (TPSA) is 32.3 Å². The van der Waals surface area contributed by atoms with Gasteiger partial charge in [0.05, 0.1) is 0 Å². The quantitative estimate of drug-likeness (QED) is 0.599. The van der Waals surface area contributed by atoms with Crippen molar-refractivity contribution in [1.29, 1.82) is 0 Å². The van der Waals surface area contributed by atoms with E-state index in [1.54, 1.807) is 0 Å². The molecular formula is C8H14N2O. The van der Waals surface area contributed by atoms with Crippen LogP contribution in [0.2, 0.25) is 0 Å². The average molecular weight is 154 g/mol. The highest BCUT2D eigenvalue weighted by Gasteiger charge is 2.29. The van der Waals surface area contributed by atoms with E-state index in [1.807, 2.05) is 4.90 Å². The van der Waals surface area contributed by atoms with Crippen molar-refractivity contribution in [3.05, 3.63) is 0 Å². The van der Waals surface area contributed by atoms with Gasteiger partial charge in [0.25, 0.3) is 0 Å². The van der Waals surface area contributed by atoms with Gasteiger partial charge in [-0.2, -0.15) is 0 Å². The fourth-order valence-corrected chi connectivity index (χ4v) is 1.69. The van der Waals surface area contributed by atoms with E-state index in [4.69, 9.17) is 0 Å². The highest BCUT2D eigenvalue weighted by molar-refractivity contribution is 5.75. The number of rotatable bonds is 1. The van der Waals surface area contributed by atoms with Crippen molar-refractivity contribution in [2.75, 3.05) is 13.1 Å². The molecule has 0 bridgehead atoms. The molecule has 2 rings (SSSR count). The number of nitrogens with zero attached hydrogens (tertiary/aromatic N) is 1. The number of nitrogens with one attached hydrogen (secondary N) is 1. The first kappa shape index (κ1) is 6.95. The molecule has 2 aliphatic rings. The average Bonchev–Trinajstić information content (AvgIpc) is 1.90. The van der Waals surface area contributed by atoms with Gasteiger partial charge in [-0.3, -0.25) is 0 Å². The standard InChI is InChI=1S/C8H14N2O/c11-8-9-5-2-6-10(8)7-3-1-4-7/h7H,1-6H2,(H,9,11). The van der Waals surface area contributed by atoms with Gasteiger partial charge in [-0.15, -0.1) is 0 Å². The Balaban J connectivity index is 1.93. The summed E-state index contributed by atoms with van der Waals surface area (Å²) in [6, 6.07) is 0.719. The molecule has 0 aromatic rings. The van der Waals surface area contributed by atoms with Gasteiger partial charge >= 0.3 is 6.03 Å². The molecule has 3 nitrogen and oxygen atoms in total. The van der Waals surface area contributed by atoms with Crippen molar-refractivity contribution >= 4 is 6.03 Å². The van der Waals surface area contributed by atoms with Crippen LogP contribution in [0.1, 0.15) is 25.7 Å². The molecule has 0 spiro atoms. The largest absolute Gasteiger partial charge is 0.338 e. The van der Waals surface area contributed by atoms with E-state index in [0.717, 1.165) is 19.5 Å². The summed E-state index contributed by atoms with van der Waals surface area (Å²) in [6.45, 7) is 1.83. The molecule has 2 fully saturated rings. The van der Waals surface area contributed by atoms with Crippen LogP contribution in [-0.4, -0.2) is 30.1 Å². The van der Waals surface area contributed by atoms with Gasteiger partial charge in [0.15, 0.2) is 0 Å². The zero-order valence-corrected chi connectivity index (χ0v) is 6.68. The molecule has 0 radical (unpaired) electrons. The summed E-state index contributed by atoms with van der Waals surface area (Å²) in [5.74, 6) is 0. The van der Waals surface area contributed by atoms with E-state index >= 15 is 0 Å². The number of amides is 2. The summed E-state index contributed by atoms with van der Waals surface area (Å²) in [5, 5.41) is 2.87. The summed E-state index contributed by atoms with van der Waals surface area (Å²) in [6.07, 6.45) is 4.84. The van der Waals surface area contributed by atoms with Gasteiger partial charge in [-0.25, -0.2) is 4.79 Å². The minimum Gasteiger partial charge on any atom is -0.338 e. The first-order valence-electron chi connectivity index (χ1n) is 4.42. The molecule has 0 atom stereocenters. The monoisotopic (exact) mass is 154 g/mol. The van der Waals surface area contributed by atoms with Crippen molar-refractivity contribution < 1.29 is 4.79 Å². The molecule has 3 heteroatoms. The predicted molar refractivity (Wildman–Crippen MR) is 42.4 cm³/mol. The zero-order valence-electron chi connectivity index (χ0n) is 6.68. The Hall–Kier alpha value is -0.730. The minimum absolute atomic E-state index is 0.154. The molecule has 62 valence electrons. The lowest BCUT2D eigenvalue weighted by Gasteiger charge is -2.39. The normalized spacial score (nSPS) is 26.2. The van der Waals surface area contributed by atoms with Crippen LogP contribution < -0.4 is 5.32 Å². The van der Waals surface area contributed by atoms with E-state index in [0.29, 0.717) is 6.04 Å². The van der Waals surface area contributed by atoms with Gasteiger partial charge in [-0.1, -0.05) is 0 Å². The number of hydrogen-bond acceptors (Lipinski definition) is 1. The number of hydrogen-bond donors (Lipinski definition) is 1. The molecule has 11 heavy (non-hydrogen) atoms. The fourth-order valence-electron chi connectivity index (χ4n) is 1.69. The molecule has 1 heterocycles. The maximum atomic E-state index is 11.2. The lowest BCUT2D eigenvalue weighted by molar-refractivity contribution is 0.126. The van der Waals surface area contributed by atoms with Gasteiger partial charge < -0.3 is 10.2 Å². The number of carbonyl (C=O) groups excluding carboxylic acids is 1. The van der Waals surface area contributed by atoms with E-state index in [1.165, 1.54) is 19.3 Å². The summed E-state index contributed by atoms with van der Waals surface area (Å²) in [7, 11) is 0. The summed E-state index contributed by atoms with van der Waals surface area (Å²) in [5.41, 5.74) is 0. The summed E-state index contributed by atoms with van der Waals surface area (Å²) in [4.78, 5) is 13.2. The van der Waals surface area contributed by atoms with Crippen LogP contribution in [0.25, 0.3) is 0 Å². The Morgan fingerprint density at radius 1 is 1.36 bits per heavy atom. The highest BCUT2D eigenvalue weighted by Crippen LogP contribution is 2.25. The van der Waals surface area contributed by atoms with E-state index < -0.39 is 0 Å². The van der Waals surface area contributed by atoms with Crippen LogP contribution in [0.3, 0.4) is 0 Å². The first-order valence-corrected chi connectivity index (χ1v) is 4.42. The van der Waals surface area contributed by atoms with Crippen LogP contribution in [0.5, 0.6) is 0 Å². The molecule has 2 amide bonds. The molecule has 1 N–H and O–H groups in total. The molecule has 0 unspecified atom stereocenters. The van der Waals surface area contributed by atoms with Crippen LogP contribution in [-0.2, 0) is 0 Å². The third-order valence-corrected chi connectivity index (χ3v) is 2.63. The Labute approximate surface area is 66.8 Å². The predicted octanol–water partition coefficient (Wildman–Crippen LogP) is 0.954. The Morgan fingerprint density at radius 2 is 2.18 bits per heavy atom. The summed E-state index contributed by atoms with van der Waals surface area (Å²) < 4.78 is 0. The van der Waals surface area contributed by atoms with Crippen molar-refractivity contribution in [3.63, 3.8) is 0 Å². The van der Waals surface area contributed by atoms with E-state index in [-0.39, 0.29) is 6.03 Å². The van der Waals surface area contributed by atoms with Crippen LogP contribution in [0.4, 0.5) is 4.79 Å². The van der Waals surface area contributed by atoms with Crippen molar-refractivity contribution in [2.24, 2.45) is 0 Å². The lowest BCUT2D eigenvalue weighted by Crippen LogP contribution is -2.53. The van der Waals surface area contributed by atoms with Crippen molar-refractivity contribution in [2.45, 2.75) is 31.7 Å². The Morgan fingerprint density at radius 3 is 2.73 bits per heavy atom. The second kappa shape index (κ2) is 2.72. The molecule has 0 aromatic carbocycles. The van der Waals surface area contributed by atoms with Gasteiger partial charge in [0, 0.05) is 19.1 Å². The minimum atomic E-state index is 0.154. The molecule has 1 aliphatic carbocycles. The Kier molecular flexibility index (Phi) is 1.72. The fraction of sp³-hybridized carbons (Fsp3) is 0.875. The third-order valence-electron chi connectivity index (χ3n) is 2.63. The van der Waals surface area contributed by atoms with Gasteiger partial charge in [0.2, 0.25) is 0 Å². The molecule has 1 saturated carbocycles. The molecule has 0 aromatic heterocycles. The van der Waals surface area contributed by atoms with Crippen LogP contribution >= 0.6 is 0 Å². The summed E-state index contributed by atoms with van der Waals surface area (Å²) >= 11 is 0. The second-order valence-corrected chi connectivity index (χ2v) is 3.36. The van der Waals surface area contributed by atoms with E-state index in [9.17, 15) is 4.79 Å². The highest BCUT2D eigenvalue weighted by atomic mass is 16.2.